The number of carbonyl (C=O) groups excluding carboxylic acids is 1. The maximum Gasteiger partial charge on any atom is 0.255 e. The van der Waals surface area contributed by atoms with Crippen molar-refractivity contribution < 1.29 is 4.79 Å². The van der Waals surface area contributed by atoms with E-state index in [0.29, 0.717) is 17.0 Å². The molecule has 2 aromatic rings. The van der Waals surface area contributed by atoms with Crippen molar-refractivity contribution in [1.82, 2.24) is 4.98 Å². The molecule has 5 heteroatoms. The zero-order valence-corrected chi connectivity index (χ0v) is 13.8. The molecule has 0 aliphatic rings. The van der Waals surface area contributed by atoms with Gasteiger partial charge in [-0.25, -0.2) is 4.98 Å². The molecule has 0 spiro atoms. The summed E-state index contributed by atoms with van der Waals surface area (Å²) in [6.45, 7) is 9.32. The minimum atomic E-state index is -0.210. The van der Waals surface area contributed by atoms with E-state index in [1.54, 1.807) is 37.3 Å². The maximum absolute atomic E-state index is 12.3. The van der Waals surface area contributed by atoms with Gasteiger partial charge in [-0.3, -0.25) is 4.79 Å². The van der Waals surface area contributed by atoms with Crippen LogP contribution in [-0.2, 0) is 4.79 Å². The van der Waals surface area contributed by atoms with E-state index in [2.05, 4.69) is 16.9 Å². The minimum Gasteiger partial charge on any atom is -0.399 e. The Kier molecular flexibility index (Phi) is 4.78. The van der Waals surface area contributed by atoms with Gasteiger partial charge in [0.1, 0.15) is 0 Å². The first-order valence-electron chi connectivity index (χ1n) is 6.88. The number of fused-ring (bicyclic) bond motifs is 1. The third-order valence-corrected chi connectivity index (χ3v) is 4.08. The van der Waals surface area contributed by atoms with Crippen LogP contribution in [0.4, 0.5) is 5.69 Å². The topological polar surface area (TPSA) is 68.0 Å². The number of carbonyl (C=O) groups is 1. The van der Waals surface area contributed by atoms with Crippen molar-refractivity contribution in [1.29, 1.82) is 0 Å². The SMILES string of the molecule is C=C(C)/C(N)=C\C(=C/C)C(=O)Nc1ccc2sc(C)nc2c1. The predicted molar refractivity (Wildman–Crippen MR) is 93.8 cm³/mol. The summed E-state index contributed by atoms with van der Waals surface area (Å²) in [5.74, 6) is -0.210. The highest BCUT2D eigenvalue weighted by molar-refractivity contribution is 7.18. The van der Waals surface area contributed by atoms with Gasteiger partial charge in [-0.05, 0) is 50.6 Å². The van der Waals surface area contributed by atoms with Crippen LogP contribution < -0.4 is 11.1 Å². The van der Waals surface area contributed by atoms with E-state index in [0.717, 1.165) is 20.8 Å². The summed E-state index contributed by atoms with van der Waals surface area (Å²) < 4.78 is 1.10. The molecule has 0 saturated carbocycles. The molecule has 0 bridgehead atoms. The molecule has 1 heterocycles. The number of benzene rings is 1. The molecular formula is C17H19N3OS. The fraction of sp³-hybridized carbons (Fsp3) is 0.176. The summed E-state index contributed by atoms with van der Waals surface area (Å²) in [6.07, 6.45) is 3.35. The van der Waals surface area contributed by atoms with E-state index >= 15 is 0 Å². The number of hydrogen-bond acceptors (Lipinski definition) is 4. The maximum atomic E-state index is 12.3. The van der Waals surface area contributed by atoms with Gasteiger partial charge < -0.3 is 11.1 Å². The third-order valence-electron chi connectivity index (χ3n) is 3.13. The molecule has 0 saturated heterocycles. The average Bonchev–Trinajstić information content (AvgIpc) is 2.83. The predicted octanol–water partition coefficient (Wildman–Crippen LogP) is 3.91. The Morgan fingerprint density at radius 1 is 1.45 bits per heavy atom. The van der Waals surface area contributed by atoms with Crippen LogP contribution in [0.5, 0.6) is 0 Å². The molecule has 4 nitrogen and oxygen atoms in total. The highest BCUT2D eigenvalue weighted by atomic mass is 32.1. The number of aryl methyl sites for hydroxylation is 1. The molecule has 1 aromatic carbocycles. The fourth-order valence-electron chi connectivity index (χ4n) is 1.89. The number of amides is 1. The Morgan fingerprint density at radius 3 is 2.82 bits per heavy atom. The second-order valence-corrected chi connectivity index (χ2v) is 6.23. The Labute approximate surface area is 134 Å². The molecule has 0 aliphatic carbocycles. The molecule has 2 rings (SSSR count). The smallest absolute Gasteiger partial charge is 0.255 e. The number of hydrogen-bond donors (Lipinski definition) is 2. The Balaban J connectivity index is 2.21. The molecule has 22 heavy (non-hydrogen) atoms. The van der Waals surface area contributed by atoms with Crippen LogP contribution in [0.15, 0.2) is 53.8 Å². The van der Waals surface area contributed by atoms with Crippen LogP contribution in [0, 0.1) is 6.92 Å². The van der Waals surface area contributed by atoms with Gasteiger partial charge in [-0.2, -0.15) is 0 Å². The van der Waals surface area contributed by atoms with E-state index in [9.17, 15) is 4.79 Å². The lowest BCUT2D eigenvalue weighted by Gasteiger charge is -2.07. The van der Waals surface area contributed by atoms with Gasteiger partial charge in [-0.15, -0.1) is 11.3 Å². The first-order valence-corrected chi connectivity index (χ1v) is 7.70. The molecule has 114 valence electrons. The Bertz CT molecular complexity index is 799. The molecule has 1 amide bonds. The summed E-state index contributed by atoms with van der Waals surface area (Å²) in [5, 5.41) is 3.87. The zero-order chi connectivity index (χ0) is 16.3. The number of allylic oxidation sites excluding steroid dienone is 2. The lowest BCUT2D eigenvalue weighted by Crippen LogP contribution is -2.14. The normalized spacial score (nSPS) is 12.5. The van der Waals surface area contributed by atoms with E-state index < -0.39 is 0 Å². The summed E-state index contributed by atoms with van der Waals surface area (Å²) in [4.78, 5) is 16.7. The second-order valence-electron chi connectivity index (χ2n) is 4.99. The second kappa shape index (κ2) is 6.58. The van der Waals surface area contributed by atoms with Gasteiger partial charge in [0.25, 0.3) is 5.91 Å². The van der Waals surface area contributed by atoms with Crippen molar-refractivity contribution in [3.63, 3.8) is 0 Å². The van der Waals surface area contributed by atoms with Crippen molar-refractivity contribution in [2.45, 2.75) is 20.8 Å². The molecule has 0 fully saturated rings. The van der Waals surface area contributed by atoms with Crippen LogP contribution in [0.2, 0.25) is 0 Å². The van der Waals surface area contributed by atoms with Crippen molar-refractivity contribution in [2.24, 2.45) is 5.73 Å². The van der Waals surface area contributed by atoms with Gasteiger partial charge in [0, 0.05) is 17.0 Å². The number of thiazole rings is 1. The van der Waals surface area contributed by atoms with Gasteiger partial charge in [0.2, 0.25) is 0 Å². The largest absolute Gasteiger partial charge is 0.399 e. The summed E-state index contributed by atoms with van der Waals surface area (Å²) in [7, 11) is 0. The van der Waals surface area contributed by atoms with Crippen LogP contribution in [-0.4, -0.2) is 10.9 Å². The molecule has 1 aromatic heterocycles. The quantitative estimate of drug-likeness (QED) is 0.664. The van der Waals surface area contributed by atoms with E-state index in [1.165, 1.54) is 0 Å². The van der Waals surface area contributed by atoms with Crippen molar-refractivity contribution >= 4 is 33.1 Å². The first-order chi connectivity index (χ1) is 10.4. The summed E-state index contributed by atoms with van der Waals surface area (Å²) in [5.41, 5.74) is 9.15. The number of rotatable bonds is 4. The standard InChI is InChI=1S/C17H19N3OS/c1-5-12(8-14(18)10(2)3)17(21)20-13-6-7-16-15(9-13)19-11(4)22-16/h5-9H,2,18H2,1,3-4H3,(H,20,21)/b12-5+,14-8+. The number of aromatic nitrogens is 1. The molecule has 0 aliphatic heterocycles. The van der Waals surface area contributed by atoms with Crippen molar-refractivity contribution in [3.8, 4) is 0 Å². The molecule has 3 N–H and O–H groups in total. The Hall–Kier alpha value is -2.40. The van der Waals surface area contributed by atoms with Crippen molar-refractivity contribution in [2.75, 3.05) is 5.32 Å². The Morgan fingerprint density at radius 2 is 2.18 bits per heavy atom. The molecule has 0 unspecified atom stereocenters. The molecular weight excluding hydrogens is 294 g/mol. The molecule has 0 radical (unpaired) electrons. The van der Waals surface area contributed by atoms with Crippen LogP contribution in [0.3, 0.4) is 0 Å². The molecule has 0 atom stereocenters. The van der Waals surface area contributed by atoms with Gasteiger partial charge in [-0.1, -0.05) is 12.7 Å². The summed E-state index contributed by atoms with van der Waals surface area (Å²) >= 11 is 1.63. The van der Waals surface area contributed by atoms with E-state index in [1.807, 2.05) is 25.1 Å². The zero-order valence-electron chi connectivity index (χ0n) is 12.9. The van der Waals surface area contributed by atoms with Crippen LogP contribution in [0.1, 0.15) is 18.9 Å². The number of nitrogens with one attached hydrogen (secondary N) is 1. The lowest BCUT2D eigenvalue weighted by molar-refractivity contribution is -0.112. The van der Waals surface area contributed by atoms with E-state index in [4.69, 9.17) is 5.73 Å². The highest BCUT2D eigenvalue weighted by Gasteiger charge is 2.09. The van der Waals surface area contributed by atoms with Gasteiger partial charge >= 0.3 is 0 Å². The monoisotopic (exact) mass is 313 g/mol. The van der Waals surface area contributed by atoms with Crippen molar-refractivity contribution in [3.05, 3.63) is 58.8 Å². The first kappa shape index (κ1) is 16.0. The third kappa shape index (κ3) is 3.62. The van der Waals surface area contributed by atoms with E-state index in [-0.39, 0.29) is 5.91 Å². The average molecular weight is 313 g/mol. The fourth-order valence-corrected chi connectivity index (χ4v) is 2.70. The minimum absolute atomic E-state index is 0.210. The van der Waals surface area contributed by atoms with Crippen LogP contribution >= 0.6 is 11.3 Å². The number of nitrogens with two attached hydrogens (primary N) is 1. The van der Waals surface area contributed by atoms with Gasteiger partial charge in [0.15, 0.2) is 0 Å². The highest BCUT2D eigenvalue weighted by Crippen LogP contribution is 2.24. The van der Waals surface area contributed by atoms with Gasteiger partial charge in [0.05, 0.1) is 15.2 Å². The number of nitrogens with zero attached hydrogens (tertiary/aromatic N) is 1. The lowest BCUT2D eigenvalue weighted by atomic mass is 10.1. The summed E-state index contributed by atoms with van der Waals surface area (Å²) in [6, 6.07) is 5.70. The van der Waals surface area contributed by atoms with Crippen LogP contribution in [0.25, 0.3) is 10.2 Å². The number of anilines is 1.